The molecule has 1 amide bonds. The molecule has 2 aromatic heterocycles. The Morgan fingerprint density at radius 1 is 1.19 bits per heavy atom. The van der Waals surface area contributed by atoms with Crippen LogP contribution in [-0.4, -0.2) is 26.8 Å². The van der Waals surface area contributed by atoms with Crippen molar-refractivity contribution >= 4 is 17.2 Å². The van der Waals surface area contributed by atoms with Gasteiger partial charge < -0.3 is 4.90 Å². The zero-order chi connectivity index (χ0) is 18.4. The number of carbonyl (C=O) groups excluding carboxylic acids is 1. The van der Waals surface area contributed by atoms with Crippen LogP contribution in [0.3, 0.4) is 0 Å². The smallest absolute Gasteiger partial charge is 0.229 e. The molecule has 0 saturated heterocycles. The second kappa shape index (κ2) is 8.72. The van der Waals surface area contributed by atoms with E-state index in [2.05, 4.69) is 35.9 Å². The third-order valence-electron chi connectivity index (χ3n) is 4.43. The lowest BCUT2D eigenvalue weighted by Crippen LogP contribution is -2.38. The molecule has 3 aromatic rings. The lowest BCUT2D eigenvalue weighted by atomic mass is 10.1. The molecule has 134 valence electrons. The summed E-state index contributed by atoms with van der Waals surface area (Å²) < 4.78 is 0. The Morgan fingerprint density at radius 3 is 2.69 bits per heavy atom. The molecule has 1 unspecified atom stereocenters. The Morgan fingerprint density at radius 2 is 2.00 bits per heavy atom. The van der Waals surface area contributed by atoms with Crippen LogP contribution in [0.25, 0.3) is 10.6 Å². The standard InChI is InChI=1S/C21H23N3OS/c1-3-16(2)24(14-17-8-5-4-6-9-17)20(25)12-19-15-26-21(23-19)18-10-7-11-22-13-18/h4-11,13,15-16H,3,12,14H2,1-2H3. The lowest BCUT2D eigenvalue weighted by Gasteiger charge is -2.28. The van der Waals surface area contributed by atoms with Gasteiger partial charge in [0.2, 0.25) is 5.91 Å². The van der Waals surface area contributed by atoms with E-state index in [9.17, 15) is 4.79 Å². The van der Waals surface area contributed by atoms with Gasteiger partial charge in [-0.25, -0.2) is 4.98 Å². The largest absolute Gasteiger partial charge is 0.335 e. The van der Waals surface area contributed by atoms with Crippen molar-refractivity contribution in [3.63, 3.8) is 0 Å². The molecule has 1 atom stereocenters. The zero-order valence-electron chi connectivity index (χ0n) is 15.1. The third-order valence-corrected chi connectivity index (χ3v) is 5.37. The highest BCUT2D eigenvalue weighted by Gasteiger charge is 2.20. The zero-order valence-corrected chi connectivity index (χ0v) is 15.9. The minimum atomic E-state index is 0.117. The van der Waals surface area contributed by atoms with E-state index >= 15 is 0 Å². The van der Waals surface area contributed by atoms with E-state index in [1.807, 2.05) is 40.6 Å². The van der Waals surface area contributed by atoms with Gasteiger partial charge in [0, 0.05) is 35.9 Å². The number of amides is 1. The maximum Gasteiger partial charge on any atom is 0.229 e. The van der Waals surface area contributed by atoms with Crippen molar-refractivity contribution in [1.82, 2.24) is 14.9 Å². The predicted octanol–water partition coefficient (Wildman–Crippen LogP) is 4.57. The number of hydrogen-bond acceptors (Lipinski definition) is 4. The normalized spacial score (nSPS) is 11.9. The van der Waals surface area contributed by atoms with Gasteiger partial charge >= 0.3 is 0 Å². The highest BCUT2D eigenvalue weighted by Crippen LogP contribution is 2.23. The van der Waals surface area contributed by atoms with Crippen LogP contribution < -0.4 is 0 Å². The number of hydrogen-bond donors (Lipinski definition) is 0. The number of pyridine rings is 1. The topological polar surface area (TPSA) is 46.1 Å². The Balaban J connectivity index is 1.72. The van der Waals surface area contributed by atoms with Gasteiger partial charge in [0.15, 0.2) is 0 Å². The molecule has 3 rings (SSSR count). The highest BCUT2D eigenvalue weighted by molar-refractivity contribution is 7.13. The van der Waals surface area contributed by atoms with E-state index < -0.39 is 0 Å². The van der Waals surface area contributed by atoms with Gasteiger partial charge in [-0.1, -0.05) is 37.3 Å². The number of rotatable bonds is 7. The molecule has 0 aliphatic rings. The molecule has 0 spiro atoms. The SMILES string of the molecule is CCC(C)N(Cc1ccccc1)C(=O)Cc1csc(-c2cccnc2)n1. The van der Waals surface area contributed by atoms with Gasteiger partial charge in [0.25, 0.3) is 0 Å². The van der Waals surface area contributed by atoms with Crippen LogP contribution in [0.4, 0.5) is 0 Å². The molecule has 1 aromatic carbocycles. The Bertz CT molecular complexity index is 833. The van der Waals surface area contributed by atoms with Gasteiger partial charge in [-0.05, 0) is 31.0 Å². The molecule has 0 bridgehead atoms. The van der Waals surface area contributed by atoms with Crippen molar-refractivity contribution in [3.8, 4) is 10.6 Å². The molecular weight excluding hydrogens is 342 g/mol. The summed E-state index contributed by atoms with van der Waals surface area (Å²) in [6, 6.07) is 14.2. The first-order valence-electron chi connectivity index (χ1n) is 8.85. The molecule has 0 saturated carbocycles. The summed E-state index contributed by atoms with van der Waals surface area (Å²) in [4.78, 5) is 23.7. The molecule has 26 heavy (non-hydrogen) atoms. The highest BCUT2D eigenvalue weighted by atomic mass is 32.1. The summed E-state index contributed by atoms with van der Waals surface area (Å²) in [6.45, 7) is 4.84. The molecule has 4 nitrogen and oxygen atoms in total. The first-order valence-corrected chi connectivity index (χ1v) is 9.73. The number of thiazole rings is 1. The van der Waals surface area contributed by atoms with Crippen molar-refractivity contribution in [2.75, 3.05) is 0 Å². The van der Waals surface area contributed by atoms with E-state index in [1.54, 1.807) is 23.7 Å². The quantitative estimate of drug-likeness (QED) is 0.616. The summed E-state index contributed by atoms with van der Waals surface area (Å²) in [5.74, 6) is 0.117. The van der Waals surface area contributed by atoms with Crippen LogP contribution in [0.15, 0.2) is 60.2 Å². The first kappa shape index (κ1) is 18.3. The Kier molecular flexibility index (Phi) is 6.12. The molecule has 0 radical (unpaired) electrons. The van der Waals surface area contributed by atoms with Crippen molar-refractivity contribution in [1.29, 1.82) is 0 Å². The molecule has 0 aliphatic heterocycles. The summed E-state index contributed by atoms with van der Waals surface area (Å²) in [5.41, 5.74) is 2.95. The Hall–Kier alpha value is -2.53. The van der Waals surface area contributed by atoms with Gasteiger partial charge in [-0.2, -0.15) is 0 Å². The summed E-state index contributed by atoms with van der Waals surface area (Å²) in [6.07, 6.45) is 4.80. The molecule has 0 fully saturated rings. The molecular formula is C21H23N3OS. The van der Waals surface area contributed by atoms with Crippen molar-refractivity contribution in [2.45, 2.75) is 39.3 Å². The second-order valence-electron chi connectivity index (χ2n) is 6.33. The van der Waals surface area contributed by atoms with Gasteiger partial charge in [-0.15, -0.1) is 11.3 Å². The maximum atomic E-state index is 12.9. The summed E-state index contributed by atoms with van der Waals surface area (Å²) >= 11 is 1.55. The number of carbonyl (C=O) groups is 1. The van der Waals surface area contributed by atoms with E-state index in [4.69, 9.17) is 0 Å². The average molecular weight is 366 g/mol. The average Bonchev–Trinajstić information content (AvgIpc) is 3.15. The van der Waals surface area contributed by atoms with Crippen molar-refractivity contribution in [2.24, 2.45) is 0 Å². The van der Waals surface area contributed by atoms with E-state index in [0.717, 1.165) is 28.2 Å². The molecule has 5 heteroatoms. The Labute approximate surface area is 158 Å². The maximum absolute atomic E-state index is 12.9. The van der Waals surface area contributed by atoms with E-state index in [1.165, 1.54) is 0 Å². The van der Waals surface area contributed by atoms with E-state index in [0.29, 0.717) is 13.0 Å². The van der Waals surface area contributed by atoms with Crippen molar-refractivity contribution in [3.05, 3.63) is 71.5 Å². The van der Waals surface area contributed by atoms with Crippen LogP contribution >= 0.6 is 11.3 Å². The minimum absolute atomic E-state index is 0.117. The number of aromatic nitrogens is 2. The second-order valence-corrected chi connectivity index (χ2v) is 7.19. The predicted molar refractivity (Wildman–Crippen MR) is 106 cm³/mol. The fourth-order valence-corrected chi connectivity index (χ4v) is 3.57. The van der Waals surface area contributed by atoms with E-state index in [-0.39, 0.29) is 11.9 Å². The van der Waals surface area contributed by atoms with Gasteiger partial charge in [-0.3, -0.25) is 9.78 Å². The minimum Gasteiger partial charge on any atom is -0.335 e. The van der Waals surface area contributed by atoms with Crippen LogP contribution in [-0.2, 0) is 17.8 Å². The summed E-state index contributed by atoms with van der Waals surface area (Å²) in [5, 5.41) is 2.87. The van der Waals surface area contributed by atoms with Gasteiger partial charge in [0.1, 0.15) is 5.01 Å². The summed E-state index contributed by atoms with van der Waals surface area (Å²) in [7, 11) is 0. The van der Waals surface area contributed by atoms with Crippen LogP contribution in [0.1, 0.15) is 31.5 Å². The van der Waals surface area contributed by atoms with Crippen LogP contribution in [0.5, 0.6) is 0 Å². The molecule has 2 heterocycles. The van der Waals surface area contributed by atoms with Crippen molar-refractivity contribution < 1.29 is 4.79 Å². The monoisotopic (exact) mass is 365 g/mol. The number of nitrogens with zero attached hydrogens (tertiary/aromatic N) is 3. The third kappa shape index (κ3) is 4.55. The molecule has 0 N–H and O–H groups in total. The number of benzene rings is 1. The fraction of sp³-hybridized carbons (Fsp3) is 0.286. The van der Waals surface area contributed by atoms with Crippen LogP contribution in [0, 0.1) is 0 Å². The fourth-order valence-electron chi connectivity index (χ4n) is 2.76. The molecule has 0 aliphatic carbocycles. The lowest BCUT2D eigenvalue weighted by molar-refractivity contribution is -0.133. The van der Waals surface area contributed by atoms with Crippen LogP contribution in [0.2, 0.25) is 0 Å². The van der Waals surface area contributed by atoms with Gasteiger partial charge in [0.05, 0.1) is 12.1 Å². The first-order chi connectivity index (χ1) is 12.7.